The molecule has 0 aromatic rings. The van der Waals surface area contributed by atoms with Crippen LogP contribution >= 0.6 is 11.8 Å². The molecule has 0 aromatic heterocycles. The van der Waals surface area contributed by atoms with Gasteiger partial charge < -0.3 is 10.6 Å². The van der Waals surface area contributed by atoms with Gasteiger partial charge in [-0.3, -0.25) is 4.79 Å². The fourth-order valence-electron chi connectivity index (χ4n) is 1.03. The highest BCUT2D eigenvalue weighted by atomic mass is 32.2. The Morgan fingerprint density at radius 2 is 2.21 bits per heavy atom. The van der Waals surface area contributed by atoms with Gasteiger partial charge in [0, 0.05) is 25.8 Å². The Morgan fingerprint density at radius 3 is 2.71 bits per heavy atom. The van der Waals surface area contributed by atoms with Crippen LogP contribution < -0.4 is 5.73 Å². The highest BCUT2D eigenvalue weighted by Crippen LogP contribution is 2.05. The van der Waals surface area contributed by atoms with Gasteiger partial charge in [0.25, 0.3) is 0 Å². The lowest BCUT2D eigenvalue weighted by Crippen LogP contribution is -2.29. The first-order valence-corrected chi connectivity index (χ1v) is 6.44. The highest BCUT2D eigenvalue weighted by molar-refractivity contribution is 7.98. The third-order valence-electron chi connectivity index (χ3n) is 2.31. The summed E-state index contributed by atoms with van der Waals surface area (Å²) in [5.74, 6) is 1.70. The molecule has 4 heteroatoms. The van der Waals surface area contributed by atoms with Crippen LogP contribution in [-0.2, 0) is 4.79 Å². The average molecular weight is 218 g/mol. The average Bonchev–Trinajstić information content (AvgIpc) is 2.21. The SMILES string of the molecule is CSCCN(C)C(=O)CCC(C)CN. The molecule has 0 saturated carbocycles. The van der Waals surface area contributed by atoms with Crippen molar-refractivity contribution in [2.75, 3.05) is 32.1 Å². The minimum atomic E-state index is 0.236. The van der Waals surface area contributed by atoms with Crippen molar-refractivity contribution >= 4 is 17.7 Å². The molecule has 0 spiro atoms. The van der Waals surface area contributed by atoms with E-state index in [1.165, 1.54) is 0 Å². The van der Waals surface area contributed by atoms with E-state index in [0.717, 1.165) is 18.7 Å². The summed E-state index contributed by atoms with van der Waals surface area (Å²) in [4.78, 5) is 13.4. The number of amides is 1. The second-order valence-corrected chi connectivity index (χ2v) is 4.67. The van der Waals surface area contributed by atoms with Crippen LogP contribution in [0.1, 0.15) is 19.8 Å². The van der Waals surface area contributed by atoms with E-state index in [1.54, 1.807) is 16.7 Å². The highest BCUT2D eigenvalue weighted by Gasteiger charge is 2.09. The van der Waals surface area contributed by atoms with E-state index >= 15 is 0 Å². The Labute approximate surface area is 91.4 Å². The lowest BCUT2D eigenvalue weighted by Gasteiger charge is -2.17. The first-order valence-electron chi connectivity index (χ1n) is 5.04. The zero-order valence-corrected chi connectivity index (χ0v) is 10.3. The first-order chi connectivity index (χ1) is 6.61. The van der Waals surface area contributed by atoms with Crippen molar-refractivity contribution in [3.8, 4) is 0 Å². The third-order valence-corrected chi connectivity index (χ3v) is 2.90. The fraction of sp³-hybridized carbons (Fsp3) is 0.900. The van der Waals surface area contributed by atoms with Crippen LogP contribution in [0.5, 0.6) is 0 Å². The van der Waals surface area contributed by atoms with Gasteiger partial charge in [0.1, 0.15) is 0 Å². The number of carbonyl (C=O) groups excluding carboxylic acids is 1. The normalized spacial score (nSPS) is 12.6. The van der Waals surface area contributed by atoms with Crippen LogP contribution in [-0.4, -0.2) is 43.0 Å². The Hall–Kier alpha value is -0.220. The molecule has 0 aliphatic rings. The number of nitrogens with zero attached hydrogens (tertiary/aromatic N) is 1. The monoisotopic (exact) mass is 218 g/mol. The number of rotatable bonds is 7. The summed E-state index contributed by atoms with van der Waals surface area (Å²) in [6.45, 7) is 3.59. The van der Waals surface area contributed by atoms with E-state index in [-0.39, 0.29) is 5.91 Å². The zero-order valence-electron chi connectivity index (χ0n) is 9.45. The van der Waals surface area contributed by atoms with E-state index in [4.69, 9.17) is 5.73 Å². The first kappa shape index (κ1) is 13.8. The van der Waals surface area contributed by atoms with Crippen LogP contribution in [0.15, 0.2) is 0 Å². The molecule has 1 amide bonds. The Morgan fingerprint density at radius 1 is 1.57 bits per heavy atom. The number of nitrogens with two attached hydrogens (primary N) is 1. The summed E-state index contributed by atoms with van der Waals surface area (Å²) < 4.78 is 0. The summed E-state index contributed by atoms with van der Waals surface area (Å²) in [5, 5.41) is 0. The van der Waals surface area contributed by atoms with E-state index in [1.807, 2.05) is 7.05 Å². The third kappa shape index (κ3) is 6.27. The molecule has 0 rings (SSSR count). The van der Waals surface area contributed by atoms with E-state index < -0.39 is 0 Å². The smallest absolute Gasteiger partial charge is 0.222 e. The molecular weight excluding hydrogens is 196 g/mol. The molecule has 0 heterocycles. The predicted octanol–water partition coefficient (Wildman–Crippen LogP) is 1.18. The van der Waals surface area contributed by atoms with Gasteiger partial charge in [0.05, 0.1) is 0 Å². The molecule has 0 saturated heterocycles. The predicted molar refractivity (Wildman–Crippen MR) is 63.5 cm³/mol. The molecule has 0 aliphatic carbocycles. The molecular formula is C10H22N2OS. The maximum absolute atomic E-state index is 11.5. The van der Waals surface area contributed by atoms with Crippen molar-refractivity contribution < 1.29 is 4.79 Å². The minimum Gasteiger partial charge on any atom is -0.345 e. The van der Waals surface area contributed by atoms with Crippen LogP contribution in [0.3, 0.4) is 0 Å². The summed E-state index contributed by atoms with van der Waals surface area (Å²) in [7, 11) is 1.87. The van der Waals surface area contributed by atoms with Crippen molar-refractivity contribution in [2.24, 2.45) is 11.7 Å². The van der Waals surface area contributed by atoms with Gasteiger partial charge in [-0.15, -0.1) is 0 Å². The summed E-state index contributed by atoms with van der Waals surface area (Å²) in [5.41, 5.74) is 5.49. The van der Waals surface area contributed by atoms with Crippen molar-refractivity contribution in [1.82, 2.24) is 4.90 Å². The molecule has 3 nitrogen and oxygen atoms in total. The van der Waals surface area contributed by atoms with E-state index in [0.29, 0.717) is 18.9 Å². The van der Waals surface area contributed by atoms with Crippen molar-refractivity contribution in [2.45, 2.75) is 19.8 Å². The van der Waals surface area contributed by atoms with Gasteiger partial charge in [-0.1, -0.05) is 6.92 Å². The van der Waals surface area contributed by atoms with E-state index in [2.05, 4.69) is 13.2 Å². The quantitative estimate of drug-likeness (QED) is 0.698. The lowest BCUT2D eigenvalue weighted by atomic mass is 10.1. The Kier molecular flexibility index (Phi) is 7.99. The van der Waals surface area contributed by atoms with Crippen molar-refractivity contribution in [3.63, 3.8) is 0 Å². The number of hydrogen-bond acceptors (Lipinski definition) is 3. The van der Waals surface area contributed by atoms with Crippen LogP contribution in [0.2, 0.25) is 0 Å². The molecule has 0 radical (unpaired) electrons. The van der Waals surface area contributed by atoms with Crippen LogP contribution in [0, 0.1) is 5.92 Å². The van der Waals surface area contributed by atoms with Gasteiger partial charge in [-0.25, -0.2) is 0 Å². The van der Waals surface area contributed by atoms with Crippen LogP contribution in [0.25, 0.3) is 0 Å². The zero-order chi connectivity index (χ0) is 11.0. The van der Waals surface area contributed by atoms with Crippen molar-refractivity contribution in [1.29, 1.82) is 0 Å². The summed E-state index contributed by atoms with van der Waals surface area (Å²) in [6, 6.07) is 0. The largest absolute Gasteiger partial charge is 0.345 e. The summed E-state index contributed by atoms with van der Waals surface area (Å²) in [6.07, 6.45) is 3.58. The lowest BCUT2D eigenvalue weighted by molar-refractivity contribution is -0.129. The number of carbonyl (C=O) groups is 1. The number of thioether (sulfide) groups is 1. The Balaban J connectivity index is 3.61. The minimum absolute atomic E-state index is 0.236. The molecule has 1 unspecified atom stereocenters. The van der Waals surface area contributed by atoms with Crippen molar-refractivity contribution in [3.05, 3.63) is 0 Å². The molecule has 0 bridgehead atoms. The fourth-order valence-corrected chi connectivity index (χ4v) is 1.49. The molecule has 14 heavy (non-hydrogen) atoms. The maximum atomic E-state index is 11.5. The van der Waals surface area contributed by atoms with E-state index in [9.17, 15) is 4.79 Å². The van der Waals surface area contributed by atoms with Gasteiger partial charge in [-0.2, -0.15) is 11.8 Å². The standard InChI is InChI=1S/C10H22N2OS/c1-9(8-11)4-5-10(13)12(2)6-7-14-3/h9H,4-8,11H2,1-3H3. The molecule has 0 aliphatic heterocycles. The molecule has 84 valence electrons. The Bertz CT molecular complexity index is 164. The molecule has 0 fully saturated rings. The maximum Gasteiger partial charge on any atom is 0.222 e. The second-order valence-electron chi connectivity index (χ2n) is 3.69. The van der Waals surface area contributed by atoms with Crippen LogP contribution in [0.4, 0.5) is 0 Å². The molecule has 0 aromatic carbocycles. The van der Waals surface area contributed by atoms with Gasteiger partial charge in [0.15, 0.2) is 0 Å². The van der Waals surface area contributed by atoms with Gasteiger partial charge in [0.2, 0.25) is 5.91 Å². The summed E-state index contributed by atoms with van der Waals surface area (Å²) >= 11 is 1.76. The van der Waals surface area contributed by atoms with Gasteiger partial charge >= 0.3 is 0 Å². The topological polar surface area (TPSA) is 46.3 Å². The number of hydrogen-bond donors (Lipinski definition) is 1. The molecule has 1 atom stereocenters. The second kappa shape index (κ2) is 8.12. The molecule has 2 N–H and O–H groups in total. The van der Waals surface area contributed by atoms with Gasteiger partial charge in [-0.05, 0) is 25.1 Å².